The largest absolute Gasteiger partial charge is 0.376 e. The Morgan fingerprint density at radius 1 is 1.36 bits per heavy atom. The van der Waals surface area contributed by atoms with E-state index >= 15 is 0 Å². The van der Waals surface area contributed by atoms with E-state index in [1.165, 1.54) is 16.1 Å². The Balaban J connectivity index is 1.34. The van der Waals surface area contributed by atoms with Crippen molar-refractivity contribution in [2.45, 2.75) is 51.3 Å². The molecule has 3 unspecified atom stereocenters. The minimum atomic E-state index is -0.352. The first-order valence-electron chi connectivity index (χ1n) is 9.86. The molecule has 0 radical (unpaired) electrons. The molecule has 2 fully saturated rings. The molecule has 0 saturated carbocycles. The number of hydrogen-bond donors (Lipinski definition) is 2. The zero-order valence-corrected chi connectivity index (χ0v) is 16.4. The monoisotopic (exact) mass is 385 g/mol. The molecule has 1 aromatic carbocycles. The molecule has 8 nitrogen and oxygen atoms in total. The lowest BCUT2D eigenvalue weighted by atomic mass is 9.98. The van der Waals surface area contributed by atoms with Gasteiger partial charge in [-0.05, 0) is 49.8 Å². The third-order valence-electron chi connectivity index (χ3n) is 5.73. The molecule has 4 rings (SSSR count). The summed E-state index contributed by atoms with van der Waals surface area (Å²) >= 11 is 0. The quantitative estimate of drug-likeness (QED) is 0.790. The number of hydrazine groups is 1. The normalized spacial score (nSPS) is 26.6. The molecule has 28 heavy (non-hydrogen) atoms. The summed E-state index contributed by atoms with van der Waals surface area (Å²) in [5, 5.41) is 10.0. The summed E-state index contributed by atoms with van der Waals surface area (Å²) in [6.45, 7) is 5.34. The highest BCUT2D eigenvalue weighted by atomic mass is 16.5. The third kappa shape index (κ3) is 3.88. The Hall–Kier alpha value is -2.45. The first-order valence-corrected chi connectivity index (χ1v) is 9.86. The fraction of sp³-hybridized carbons (Fsp3) is 0.550. The molecule has 2 N–H and O–H groups in total. The van der Waals surface area contributed by atoms with Crippen LogP contribution in [-0.4, -0.2) is 60.0 Å². The number of ether oxygens (including phenoxy) is 1. The molecule has 3 heterocycles. The standard InChI is InChI=1S/C20H27N5O3/c1-13-5-6-15(8-14(13)2)17-9-18-20(27)24(22-12-25(18)23-17)11-19(26)21-10-16-4-3-7-28-16/h5-6,8,12,16-18,23H,3-4,7,9-11H2,1-2H3,(H,21,26). The van der Waals surface area contributed by atoms with Gasteiger partial charge in [-0.2, -0.15) is 5.10 Å². The van der Waals surface area contributed by atoms with Crippen molar-refractivity contribution in [3.63, 3.8) is 0 Å². The molecule has 150 valence electrons. The van der Waals surface area contributed by atoms with Crippen molar-refractivity contribution in [1.82, 2.24) is 20.8 Å². The van der Waals surface area contributed by atoms with Gasteiger partial charge < -0.3 is 10.1 Å². The number of carbonyl (C=O) groups is 2. The van der Waals surface area contributed by atoms with E-state index in [0.717, 1.165) is 25.0 Å². The summed E-state index contributed by atoms with van der Waals surface area (Å²) in [6, 6.07) is 6.05. The van der Waals surface area contributed by atoms with E-state index in [1.807, 2.05) is 0 Å². The summed E-state index contributed by atoms with van der Waals surface area (Å²) in [6.07, 6.45) is 4.31. The van der Waals surface area contributed by atoms with Crippen LogP contribution < -0.4 is 10.7 Å². The third-order valence-corrected chi connectivity index (χ3v) is 5.73. The number of aryl methyl sites for hydroxylation is 2. The molecule has 0 aromatic heterocycles. The minimum absolute atomic E-state index is 0.0491. The van der Waals surface area contributed by atoms with Crippen molar-refractivity contribution in [2.24, 2.45) is 5.10 Å². The van der Waals surface area contributed by atoms with Gasteiger partial charge in [0.25, 0.3) is 5.91 Å². The van der Waals surface area contributed by atoms with Gasteiger partial charge >= 0.3 is 0 Å². The number of rotatable bonds is 5. The number of nitrogens with one attached hydrogen (secondary N) is 2. The summed E-state index contributed by atoms with van der Waals surface area (Å²) < 4.78 is 5.50. The van der Waals surface area contributed by atoms with Gasteiger partial charge in [-0.25, -0.2) is 10.4 Å². The van der Waals surface area contributed by atoms with Gasteiger partial charge in [-0.1, -0.05) is 18.2 Å². The fourth-order valence-corrected chi connectivity index (χ4v) is 3.88. The average Bonchev–Trinajstić information content (AvgIpc) is 3.34. The highest BCUT2D eigenvalue weighted by Gasteiger charge is 2.41. The molecule has 2 saturated heterocycles. The first kappa shape index (κ1) is 18.9. The van der Waals surface area contributed by atoms with Crippen molar-refractivity contribution in [3.05, 3.63) is 34.9 Å². The molecule has 3 atom stereocenters. The topological polar surface area (TPSA) is 86.3 Å². The SMILES string of the molecule is Cc1ccc(C2CC3C(=O)N(CC(=O)NCC4CCCO4)N=CN3N2)cc1C. The summed E-state index contributed by atoms with van der Waals surface area (Å²) in [5.41, 5.74) is 6.97. The molecule has 0 aliphatic carbocycles. The number of amides is 2. The number of benzene rings is 1. The highest BCUT2D eigenvalue weighted by Crippen LogP contribution is 2.30. The van der Waals surface area contributed by atoms with Gasteiger partial charge in [0.05, 0.1) is 12.1 Å². The zero-order chi connectivity index (χ0) is 19.7. The number of carbonyl (C=O) groups excluding carboxylic acids is 2. The molecule has 0 bridgehead atoms. The molecule has 3 aliphatic rings. The Morgan fingerprint density at radius 2 is 2.21 bits per heavy atom. The predicted octanol–water partition coefficient (Wildman–Crippen LogP) is 1.00. The predicted molar refractivity (Wildman–Crippen MR) is 104 cm³/mol. The molecule has 3 aliphatic heterocycles. The van der Waals surface area contributed by atoms with E-state index in [2.05, 4.69) is 47.9 Å². The van der Waals surface area contributed by atoms with E-state index in [9.17, 15) is 9.59 Å². The van der Waals surface area contributed by atoms with Crippen LogP contribution in [0.2, 0.25) is 0 Å². The van der Waals surface area contributed by atoms with E-state index in [4.69, 9.17) is 4.74 Å². The molecule has 1 aromatic rings. The van der Waals surface area contributed by atoms with Crippen molar-refractivity contribution in [2.75, 3.05) is 19.7 Å². The van der Waals surface area contributed by atoms with Crippen LogP contribution in [0.1, 0.15) is 42.0 Å². The lowest BCUT2D eigenvalue weighted by Crippen LogP contribution is -2.52. The molecule has 8 heteroatoms. The van der Waals surface area contributed by atoms with E-state index in [1.54, 1.807) is 11.3 Å². The van der Waals surface area contributed by atoms with Crippen LogP contribution in [-0.2, 0) is 14.3 Å². The number of fused-ring (bicyclic) bond motifs is 1. The van der Waals surface area contributed by atoms with Gasteiger partial charge in [0.15, 0.2) is 0 Å². The molecule has 0 spiro atoms. The number of nitrogens with zero attached hydrogens (tertiary/aromatic N) is 3. The van der Waals surface area contributed by atoms with Crippen LogP contribution in [0, 0.1) is 13.8 Å². The van der Waals surface area contributed by atoms with Gasteiger partial charge in [0.1, 0.15) is 18.9 Å². The van der Waals surface area contributed by atoms with Crippen molar-refractivity contribution >= 4 is 18.2 Å². The number of hydrazone groups is 1. The first-order chi connectivity index (χ1) is 13.5. The Bertz CT molecular complexity index is 790. The molecular formula is C20H27N5O3. The average molecular weight is 385 g/mol. The molecular weight excluding hydrogens is 358 g/mol. The lowest BCUT2D eigenvalue weighted by Gasteiger charge is -2.29. The second-order valence-electron chi connectivity index (χ2n) is 7.75. The van der Waals surface area contributed by atoms with Crippen LogP contribution in [0.5, 0.6) is 0 Å². The zero-order valence-electron chi connectivity index (χ0n) is 16.4. The Labute approximate surface area is 164 Å². The van der Waals surface area contributed by atoms with Crippen LogP contribution in [0.4, 0.5) is 0 Å². The summed E-state index contributed by atoms with van der Waals surface area (Å²) in [7, 11) is 0. The van der Waals surface area contributed by atoms with Gasteiger partial charge in [-0.3, -0.25) is 14.6 Å². The van der Waals surface area contributed by atoms with Crippen LogP contribution in [0.25, 0.3) is 0 Å². The summed E-state index contributed by atoms with van der Waals surface area (Å²) in [5.74, 6) is -0.375. The maximum Gasteiger partial charge on any atom is 0.267 e. The Morgan fingerprint density at radius 3 is 2.96 bits per heavy atom. The Kier molecular flexibility index (Phi) is 5.32. The van der Waals surface area contributed by atoms with Crippen LogP contribution in [0.3, 0.4) is 0 Å². The van der Waals surface area contributed by atoms with E-state index < -0.39 is 0 Å². The van der Waals surface area contributed by atoms with Crippen molar-refractivity contribution in [3.8, 4) is 0 Å². The fourth-order valence-electron chi connectivity index (χ4n) is 3.88. The van der Waals surface area contributed by atoms with E-state index in [0.29, 0.717) is 13.0 Å². The number of hydrogen-bond acceptors (Lipinski definition) is 6. The minimum Gasteiger partial charge on any atom is -0.376 e. The molecule has 2 amide bonds. The van der Waals surface area contributed by atoms with Gasteiger partial charge in [0.2, 0.25) is 5.91 Å². The van der Waals surface area contributed by atoms with E-state index in [-0.39, 0.29) is 36.5 Å². The maximum atomic E-state index is 12.8. The second kappa shape index (κ2) is 7.89. The van der Waals surface area contributed by atoms with Crippen LogP contribution >= 0.6 is 0 Å². The lowest BCUT2D eigenvalue weighted by molar-refractivity contribution is -0.140. The maximum absolute atomic E-state index is 12.8. The van der Waals surface area contributed by atoms with Crippen molar-refractivity contribution in [1.29, 1.82) is 0 Å². The van der Waals surface area contributed by atoms with Gasteiger partial charge in [-0.15, -0.1) is 0 Å². The van der Waals surface area contributed by atoms with Crippen molar-refractivity contribution < 1.29 is 14.3 Å². The van der Waals surface area contributed by atoms with Crippen LogP contribution in [0.15, 0.2) is 23.3 Å². The summed E-state index contributed by atoms with van der Waals surface area (Å²) in [4.78, 5) is 25.0. The smallest absolute Gasteiger partial charge is 0.267 e. The highest BCUT2D eigenvalue weighted by molar-refractivity contribution is 5.91. The second-order valence-corrected chi connectivity index (χ2v) is 7.75. The van der Waals surface area contributed by atoms with Gasteiger partial charge in [0, 0.05) is 13.2 Å².